The zero-order valence-electron chi connectivity index (χ0n) is 10.6. The summed E-state index contributed by atoms with van der Waals surface area (Å²) in [6, 6.07) is 7.26. The van der Waals surface area contributed by atoms with Crippen molar-refractivity contribution >= 4 is 17.3 Å². The second kappa shape index (κ2) is 6.76. The highest BCUT2D eigenvalue weighted by Gasteiger charge is 2.22. The molecular weight excluding hydrogens is 264 g/mol. The Morgan fingerprint density at radius 3 is 2.89 bits per heavy atom. The van der Waals surface area contributed by atoms with Crippen molar-refractivity contribution in [2.45, 2.75) is 18.9 Å². The summed E-state index contributed by atoms with van der Waals surface area (Å²) in [5.74, 6) is 0.245. The highest BCUT2D eigenvalue weighted by atomic mass is 35.5. The summed E-state index contributed by atoms with van der Waals surface area (Å²) in [6.45, 7) is 1.80. The van der Waals surface area contributed by atoms with Gasteiger partial charge in [-0.1, -0.05) is 17.7 Å². The zero-order chi connectivity index (χ0) is 13.7. The van der Waals surface area contributed by atoms with Crippen LogP contribution in [0.3, 0.4) is 0 Å². The van der Waals surface area contributed by atoms with Gasteiger partial charge >= 0.3 is 0 Å². The third kappa shape index (κ3) is 3.60. The molecule has 1 aliphatic rings. The number of aliphatic hydroxyl groups is 1. The Kier molecular flexibility index (Phi) is 5.03. The van der Waals surface area contributed by atoms with Crippen LogP contribution >= 0.6 is 11.6 Å². The Labute approximate surface area is 117 Å². The number of para-hydroxylation sites is 1. The molecule has 0 radical (unpaired) electrons. The molecule has 4 nitrogen and oxygen atoms in total. The minimum absolute atomic E-state index is 0.245. The summed E-state index contributed by atoms with van der Waals surface area (Å²) in [7, 11) is 0. The van der Waals surface area contributed by atoms with Gasteiger partial charge in [-0.3, -0.25) is 0 Å². The van der Waals surface area contributed by atoms with Crippen LogP contribution in [0.25, 0.3) is 0 Å². The zero-order valence-corrected chi connectivity index (χ0v) is 11.4. The second-order valence-electron chi connectivity index (χ2n) is 4.67. The van der Waals surface area contributed by atoms with Gasteiger partial charge in [0, 0.05) is 19.8 Å². The number of benzene rings is 1. The van der Waals surface area contributed by atoms with E-state index in [2.05, 4.69) is 11.4 Å². The number of halogens is 1. The van der Waals surface area contributed by atoms with Crippen LogP contribution in [0.15, 0.2) is 18.2 Å². The molecule has 0 saturated carbocycles. The van der Waals surface area contributed by atoms with Crippen molar-refractivity contribution in [3.63, 3.8) is 0 Å². The first kappa shape index (κ1) is 14.1. The van der Waals surface area contributed by atoms with E-state index in [0.717, 1.165) is 12.8 Å². The molecule has 0 bridgehead atoms. The lowest BCUT2D eigenvalue weighted by Gasteiger charge is -2.27. The summed E-state index contributed by atoms with van der Waals surface area (Å²) >= 11 is 6.06. The third-order valence-electron chi connectivity index (χ3n) is 3.43. The van der Waals surface area contributed by atoms with E-state index >= 15 is 0 Å². The van der Waals surface area contributed by atoms with Gasteiger partial charge in [0.15, 0.2) is 0 Å². The molecule has 19 heavy (non-hydrogen) atoms. The van der Waals surface area contributed by atoms with Crippen molar-refractivity contribution in [2.75, 3.05) is 25.1 Å². The Bertz CT molecular complexity index is 467. The smallest absolute Gasteiger partial charge is 0.101 e. The fourth-order valence-corrected chi connectivity index (χ4v) is 2.51. The standard InChI is InChI=1S/C14H17ClN2O2/c15-12-3-1-2-11(8-16)14(12)17-9-13(18)10-4-6-19-7-5-10/h1-3,10,13,17-18H,4-7,9H2. The van der Waals surface area contributed by atoms with Crippen LogP contribution in [0.5, 0.6) is 0 Å². The first-order chi connectivity index (χ1) is 9.22. The SMILES string of the molecule is N#Cc1cccc(Cl)c1NCC(O)C1CCOCC1. The van der Waals surface area contributed by atoms with Gasteiger partial charge in [-0.15, -0.1) is 0 Å². The first-order valence-corrected chi connectivity index (χ1v) is 6.78. The molecular formula is C14H17ClN2O2. The highest BCUT2D eigenvalue weighted by molar-refractivity contribution is 6.33. The minimum atomic E-state index is -0.452. The molecule has 0 aliphatic carbocycles. The molecule has 1 saturated heterocycles. The Morgan fingerprint density at radius 2 is 2.21 bits per heavy atom. The maximum Gasteiger partial charge on any atom is 0.101 e. The molecule has 2 N–H and O–H groups in total. The number of hydrogen-bond acceptors (Lipinski definition) is 4. The molecule has 1 aromatic carbocycles. The van der Waals surface area contributed by atoms with E-state index < -0.39 is 6.10 Å². The number of nitrogens with one attached hydrogen (secondary N) is 1. The normalized spacial score (nSPS) is 17.7. The third-order valence-corrected chi connectivity index (χ3v) is 3.75. The average molecular weight is 281 g/mol. The number of hydrogen-bond donors (Lipinski definition) is 2. The maximum absolute atomic E-state index is 10.1. The van der Waals surface area contributed by atoms with Crippen LogP contribution in [0, 0.1) is 17.2 Å². The fourth-order valence-electron chi connectivity index (χ4n) is 2.27. The van der Waals surface area contributed by atoms with E-state index in [1.54, 1.807) is 18.2 Å². The topological polar surface area (TPSA) is 65.3 Å². The molecule has 0 amide bonds. The lowest BCUT2D eigenvalue weighted by molar-refractivity contribution is 0.0131. The largest absolute Gasteiger partial charge is 0.391 e. The number of nitriles is 1. The van der Waals surface area contributed by atoms with Gasteiger partial charge in [-0.05, 0) is 30.9 Å². The summed E-state index contributed by atoms with van der Waals surface area (Å²) in [4.78, 5) is 0. The molecule has 1 aliphatic heterocycles. The van der Waals surface area contributed by atoms with Gasteiger partial charge in [0.25, 0.3) is 0 Å². The molecule has 1 atom stereocenters. The van der Waals surface area contributed by atoms with Gasteiger partial charge in [0.1, 0.15) is 6.07 Å². The second-order valence-corrected chi connectivity index (χ2v) is 5.08. The Hall–Kier alpha value is -1.28. The molecule has 0 spiro atoms. The van der Waals surface area contributed by atoms with Crippen LogP contribution in [-0.4, -0.2) is 31.0 Å². The highest BCUT2D eigenvalue weighted by Crippen LogP contribution is 2.26. The molecule has 2 rings (SSSR count). The van der Waals surface area contributed by atoms with E-state index in [0.29, 0.717) is 36.0 Å². The molecule has 0 aromatic heterocycles. The lowest BCUT2D eigenvalue weighted by Crippen LogP contribution is -2.32. The summed E-state index contributed by atoms with van der Waals surface area (Å²) in [5, 5.41) is 22.8. The molecule has 1 heterocycles. The van der Waals surface area contributed by atoms with Gasteiger partial charge in [-0.2, -0.15) is 5.26 Å². The molecule has 1 unspecified atom stereocenters. The summed E-state index contributed by atoms with van der Waals surface area (Å²) in [6.07, 6.45) is 1.29. The molecule has 1 aromatic rings. The van der Waals surface area contributed by atoms with Crippen LogP contribution in [0.2, 0.25) is 5.02 Å². The van der Waals surface area contributed by atoms with Crippen molar-refractivity contribution < 1.29 is 9.84 Å². The number of nitrogens with zero attached hydrogens (tertiary/aromatic N) is 1. The van der Waals surface area contributed by atoms with E-state index in [9.17, 15) is 5.11 Å². The van der Waals surface area contributed by atoms with Crippen molar-refractivity contribution in [3.05, 3.63) is 28.8 Å². The number of rotatable bonds is 4. The maximum atomic E-state index is 10.1. The number of ether oxygens (including phenoxy) is 1. The Morgan fingerprint density at radius 1 is 1.47 bits per heavy atom. The van der Waals surface area contributed by atoms with Gasteiger partial charge in [0.05, 0.1) is 22.4 Å². The van der Waals surface area contributed by atoms with Crippen LogP contribution < -0.4 is 5.32 Å². The molecule has 102 valence electrons. The van der Waals surface area contributed by atoms with E-state index in [4.69, 9.17) is 21.6 Å². The minimum Gasteiger partial charge on any atom is -0.391 e. The first-order valence-electron chi connectivity index (χ1n) is 6.40. The van der Waals surface area contributed by atoms with Crippen molar-refractivity contribution in [1.29, 1.82) is 5.26 Å². The Balaban J connectivity index is 1.96. The van der Waals surface area contributed by atoms with E-state index in [1.807, 2.05) is 0 Å². The van der Waals surface area contributed by atoms with E-state index in [-0.39, 0.29) is 5.92 Å². The number of aliphatic hydroxyl groups excluding tert-OH is 1. The van der Waals surface area contributed by atoms with Crippen molar-refractivity contribution in [3.8, 4) is 6.07 Å². The predicted octanol–water partition coefficient (Wildman–Crippen LogP) is 2.41. The van der Waals surface area contributed by atoms with Gasteiger partial charge in [0.2, 0.25) is 0 Å². The van der Waals surface area contributed by atoms with Crippen molar-refractivity contribution in [1.82, 2.24) is 0 Å². The van der Waals surface area contributed by atoms with Crippen LogP contribution in [-0.2, 0) is 4.74 Å². The number of anilines is 1. The fraction of sp³-hybridized carbons (Fsp3) is 0.500. The monoisotopic (exact) mass is 280 g/mol. The average Bonchev–Trinajstić information content (AvgIpc) is 2.46. The van der Waals surface area contributed by atoms with Gasteiger partial charge < -0.3 is 15.2 Å². The van der Waals surface area contributed by atoms with Gasteiger partial charge in [-0.25, -0.2) is 0 Å². The van der Waals surface area contributed by atoms with Crippen molar-refractivity contribution in [2.24, 2.45) is 5.92 Å². The summed E-state index contributed by atoms with van der Waals surface area (Å²) < 4.78 is 5.27. The molecule has 5 heteroatoms. The van der Waals surface area contributed by atoms with Crippen LogP contribution in [0.1, 0.15) is 18.4 Å². The predicted molar refractivity (Wildman–Crippen MR) is 74.2 cm³/mol. The van der Waals surface area contributed by atoms with E-state index in [1.165, 1.54) is 0 Å². The molecule has 1 fully saturated rings. The summed E-state index contributed by atoms with van der Waals surface area (Å²) in [5.41, 5.74) is 1.09. The quantitative estimate of drug-likeness (QED) is 0.889. The lowest BCUT2D eigenvalue weighted by atomic mass is 9.94. The van der Waals surface area contributed by atoms with Crippen LogP contribution in [0.4, 0.5) is 5.69 Å².